The standard InChI is InChI=1S/C10H10N4O4/c1-2-17-8-4-3-6(5-7(8)14(15)16)9-10(11)13-18-12-9/h3-5H,2H2,1H3,(H2,11,13). The number of nitrogens with zero attached hydrogens (tertiary/aromatic N) is 3. The predicted molar refractivity (Wildman–Crippen MR) is 62.0 cm³/mol. The van der Waals surface area contributed by atoms with Crippen LogP contribution in [0.3, 0.4) is 0 Å². The third-order valence-corrected chi connectivity index (χ3v) is 2.24. The number of nitrogen functional groups attached to an aromatic ring is 1. The second kappa shape index (κ2) is 4.70. The van der Waals surface area contributed by atoms with Gasteiger partial charge in [-0.15, -0.1) is 0 Å². The first-order valence-corrected chi connectivity index (χ1v) is 5.13. The summed E-state index contributed by atoms with van der Waals surface area (Å²) in [6, 6.07) is 4.42. The maximum atomic E-state index is 10.9. The van der Waals surface area contributed by atoms with E-state index in [4.69, 9.17) is 10.5 Å². The Labute approximate surface area is 101 Å². The molecule has 0 radical (unpaired) electrons. The highest BCUT2D eigenvalue weighted by Crippen LogP contribution is 2.33. The maximum absolute atomic E-state index is 10.9. The first-order valence-electron chi connectivity index (χ1n) is 5.13. The van der Waals surface area contributed by atoms with Crippen molar-refractivity contribution in [1.29, 1.82) is 0 Å². The van der Waals surface area contributed by atoms with Gasteiger partial charge in [0, 0.05) is 11.6 Å². The first-order chi connectivity index (χ1) is 8.63. The highest BCUT2D eigenvalue weighted by molar-refractivity contribution is 5.72. The number of aromatic nitrogens is 2. The van der Waals surface area contributed by atoms with Crippen LogP contribution in [0.25, 0.3) is 11.3 Å². The molecule has 2 rings (SSSR count). The lowest BCUT2D eigenvalue weighted by Gasteiger charge is -2.05. The SMILES string of the molecule is CCOc1ccc(-c2nonc2N)cc1[N+](=O)[O-]. The summed E-state index contributed by atoms with van der Waals surface area (Å²) in [5, 5.41) is 17.9. The van der Waals surface area contributed by atoms with Gasteiger partial charge in [-0.3, -0.25) is 10.1 Å². The number of ether oxygens (including phenoxy) is 1. The van der Waals surface area contributed by atoms with Gasteiger partial charge in [0.25, 0.3) is 0 Å². The van der Waals surface area contributed by atoms with Crippen LogP contribution in [0.5, 0.6) is 5.75 Å². The molecule has 0 saturated heterocycles. The Morgan fingerprint density at radius 2 is 2.28 bits per heavy atom. The average Bonchev–Trinajstić information content (AvgIpc) is 2.76. The van der Waals surface area contributed by atoms with E-state index in [9.17, 15) is 10.1 Å². The fourth-order valence-electron chi connectivity index (χ4n) is 1.48. The van der Waals surface area contributed by atoms with E-state index >= 15 is 0 Å². The number of benzene rings is 1. The number of nitrogens with two attached hydrogens (primary N) is 1. The van der Waals surface area contributed by atoms with E-state index in [1.165, 1.54) is 12.1 Å². The van der Waals surface area contributed by atoms with Gasteiger partial charge in [0.15, 0.2) is 17.3 Å². The summed E-state index contributed by atoms with van der Waals surface area (Å²) in [5.41, 5.74) is 6.08. The number of hydrogen-bond acceptors (Lipinski definition) is 7. The van der Waals surface area contributed by atoms with Crippen molar-refractivity contribution in [3.8, 4) is 17.0 Å². The molecule has 0 amide bonds. The van der Waals surface area contributed by atoms with Crippen LogP contribution >= 0.6 is 0 Å². The summed E-state index contributed by atoms with van der Waals surface area (Å²) in [4.78, 5) is 10.4. The third kappa shape index (κ3) is 2.08. The molecular weight excluding hydrogens is 240 g/mol. The normalized spacial score (nSPS) is 10.3. The molecule has 1 aromatic heterocycles. The minimum absolute atomic E-state index is 0.0773. The van der Waals surface area contributed by atoms with Gasteiger partial charge in [0.05, 0.1) is 11.5 Å². The van der Waals surface area contributed by atoms with Crippen molar-refractivity contribution >= 4 is 11.5 Å². The van der Waals surface area contributed by atoms with Gasteiger partial charge in [-0.1, -0.05) is 0 Å². The van der Waals surface area contributed by atoms with Gasteiger partial charge in [-0.2, -0.15) is 0 Å². The fraction of sp³-hybridized carbons (Fsp3) is 0.200. The van der Waals surface area contributed by atoms with Gasteiger partial charge >= 0.3 is 5.69 Å². The topological polar surface area (TPSA) is 117 Å². The Kier molecular flexibility index (Phi) is 3.09. The van der Waals surface area contributed by atoms with E-state index < -0.39 is 4.92 Å². The number of rotatable bonds is 4. The van der Waals surface area contributed by atoms with Gasteiger partial charge in [-0.25, -0.2) is 4.63 Å². The van der Waals surface area contributed by atoms with Crippen molar-refractivity contribution in [2.75, 3.05) is 12.3 Å². The van der Waals surface area contributed by atoms with Crippen molar-refractivity contribution in [1.82, 2.24) is 10.3 Å². The molecule has 8 heteroatoms. The zero-order chi connectivity index (χ0) is 13.1. The van der Waals surface area contributed by atoms with Crippen LogP contribution in [0.4, 0.5) is 11.5 Å². The van der Waals surface area contributed by atoms with Gasteiger partial charge in [0.1, 0.15) is 0 Å². The van der Waals surface area contributed by atoms with E-state index in [0.717, 1.165) is 0 Å². The van der Waals surface area contributed by atoms with Crippen molar-refractivity contribution in [2.45, 2.75) is 6.92 Å². The zero-order valence-electron chi connectivity index (χ0n) is 9.49. The number of anilines is 1. The van der Waals surface area contributed by atoms with Crippen LogP contribution in [-0.2, 0) is 0 Å². The Bertz CT molecular complexity index is 581. The summed E-state index contributed by atoms with van der Waals surface area (Å²) < 4.78 is 9.62. The monoisotopic (exact) mass is 250 g/mol. The quantitative estimate of drug-likeness (QED) is 0.647. The largest absolute Gasteiger partial charge is 0.487 e. The summed E-state index contributed by atoms with van der Waals surface area (Å²) >= 11 is 0. The van der Waals surface area contributed by atoms with Crippen molar-refractivity contribution < 1.29 is 14.3 Å². The molecule has 2 N–H and O–H groups in total. The number of nitro groups is 1. The van der Waals surface area contributed by atoms with Crippen molar-refractivity contribution in [3.63, 3.8) is 0 Å². The van der Waals surface area contributed by atoms with Crippen LogP contribution in [0, 0.1) is 10.1 Å². The Balaban J connectivity index is 2.50. The molecule has 0 fully saturated rings. The van der Waals surface area contributed by atoms with Gasteiger partial charge in [0.2, 0.25) is 0 Å². The fourth-order valence-corrected chi connectivity index (χ4v) is 1.48. The molecule has 0 saturated carbocycles. The summed E-state index contributed by atoms with van der Waals surface area (Å²) in [5.74, 6) is 0.273. The van der Waals surface area contributed by atoms with Crippen molar-refractivity contribution in [3.05, 3.63) is 28.3 Å². The summed E-state index contributed by atoms with van der Waals surface area (Å²) in [7, 11) is 0. The molecule has 8 nitrogen and oxygen atoms in total. The molecule has 0 bridgehead atoms. The number of hydrogen-bond donors (Lipinski definition) is 1. The first kappa shape index (κ1) is 11.8. The lowest BCUT2D eigenvalue weighted by Crippen LogP contribution is -1.98. The lowest BCUT2D eigenvalue weighted by atomic mass is 10.1. The molecule has 0 unspecified atom stereocenters. The predicted octanol–water partition coefficient (Wildman–Crippen LogP) is 1.63. The average molecular weight is 250 g/mol. The summed E-state index contributed by atoms with van der Waals surface area (Å²) in [6.45, 7) is 2.09. The smallest absolute Gasteiger partial charge is 0.311 e. The third-order valence-electron chi connectivity index (χ3n) is 2.24. The second-order valence-electron chi connectivity index (χ2n) is 3.37. The van der Waals surface area contributed by atoms with Crippen LogP contribution < -0.4 is 10.5 Å². The van der Waals surface area contributed by atoms with Crippen LogP contribution in [0.1, 0.15) is 6.92 Å². The molecule has 94 valence electrons. The van der Waals surface area contributed by atoms with Crippen LogP contribution in [0.2, 0.25) is 0 Å². The van der Waals surface area contributed by atoms with E-state index in [1.54, 1.807) is 13.0 Å². The number of nitro benzene ring substituents is 1. The molecule has 0 atom stereocenters. The molecular formula is C10H10N4O4. The highest BCUT2D eigenvalue weighted by atomic mass is 16.6. The second-order valence-corrected chi connectivity index (χ2v) is 3.37. The summed E-state index contributed by atoms with van der Waals surface area (Å²) in [6.07, 6.45) is 0. The molecule has 0 aliphatic carbocycles. The Morgan fingerprint density at radius 1 is 1.50 bits per heavy atom. The molecule has 1 aromatic carbocycles. The molecule has 0 aliphatic heterocycles. The molecule has 0 spiro atoms. The molecule has 18 heavy (non-hydrogen) atoms. The van der Waals surface area contributed by atoms with E-state index in [-0.39, 0.29) is 22.9 Å². The molecule has 1 heterocycles. The minimum atomic E-state index is -0.530. The van der Waals surface area contributed by atoms with Crippen LogP contribution in [-0.4, -0.2) is 21.8 Å². The van der Waals surface area contributed by atoms with Crippen molar-refractivity contribution in [2.24, 2.45) is 0 Å². The van der Waals surface area contributed by atoms with Gasteiger partial charge in [-0.05, 0) is 29.4 Å². The van der Waals surface area contributed by atoms with E-state index in [2.05, 4.69) is 14.9 Å². The lowest BCUT2D eigenvalue weighted by molar-refractivity contribution is -0.385. The highest BCUT2D eigenvalue weighted by Gasteiger charge is 2.19. The minimum Gasteiger partial charge on any atom is -0.487 e. The zero-order valence-corrected chi connectivity index (χ0v) is 9.49. The molecule has 0 aliphatic rings. The molecule has 2 aromatic rings. The Morgan fingerprint density at radius 3 is 2.83 bits per heavy atom. The Hall–Kier alpha value is -2.64. The van der Waals surface area contributed by atoms with Gasteiger partial charge < -0.3 is 10.5 Å². The maximum Gasteiger partial charge on any atom is 0.311 e. The van der Waals surface area contributed by atoms with Crippen LogP contribution in [0.15, 0.2) is 22.8 Å². The van der Waals surface area contributed by atoms with E-state index in [0.29, 0.717) is 12.2 Å². The van der Waals surface area contributed by atoms with E-state index in [1.807, 2.05) is 0 Å².